The molecule has 1 amide bonds. The molecule has 2 atom stereocenters. The van der Waals surface area contributed by atoms with Crippen LogP contribution in [-0.4, -0.2) is 28.0 Å². The Hall–Kier alpha value is -3.01. The third-order valence-corrected chi connectivity index (χ3v) is 5.57. The van der Waals surface area contributed by atoms with E-state index >= 15 is 0 Å². The van der Waals surface area contributed by atoms with Gasteiger partial charge in [0.15, 0.2) is 11.9 Å². The molecule has 3 heterocycles. The second kappa shape index (κ2) is 6.76. The maximum absolute atomic E-state index is 13.4. The van der Waals surface area contributed by atoms with E-state index in [0.717, 1.165) is 12.8 Å². The number of carbonyl (C=O) groups is 1. The van der Waals surface area contributed by atoms with Gasteiger partial charge in [0.1, 0.15) is 11.7 Å². The van der Waals surface area contributed by atoms with Crippen LogP contribution in [0.4, 0.5) is 18.9 Å². The Morgan fingerprint density at radius 3 is 2.80 bits per heavy atom. The van der Waals surface area contributed by atoms with Gasteiger partial charge in [-0.15, -0.1) is 0 Å². The standard InChI is InChI=1S/C20H19F3N4O3/c21-20(22,23)17-10-5-1-3-7-12(10)27(26-17)9-14-19(30-14)25-15-11-6-2-4-8-13(11)29-16(15)18(24)28/h2,4,6,8,14,19,25H,1,3,5,7,9H2,(H2,24,28). The van der Waals surface area contributed by atoms with E-state index in [4.69, 9.17) is 14.9 Å². The molecule has 5 rings (SSSR count). The van der Waals surface area contributed by atoms with Crippen molar-refractivity contribution in [3.05, 3.63) is 47.0 Å². The number of ether oxygens (including phenoxy) is 1. The number of carbonyl (C=O) groups excluding carboxylic acids is 1. The highest BCUT2D eigenvalue weighted by Gasteiger charge is 2.44. The molecule has 158 valence electrons. The van der Waals surface area contributed by atoms with Gasteiger partial charge >= 0.3 is 6.18 Å². The summed E-state index contributed by atoms with van der Waals surface area (Å²) in [6.45, 7) is 0.192. The number of hydrogen-bond acceptors (Lipinski definition) is 5. The van der Waals surface area contributed by atoms with Gasteiger partial charge in [0.2, 0.25) is 5.76 Å². The largest absolute Gasteiger partial charge is 0.449 e. The molecule has 2 unspecified atom stereocenters. The van der Waals surface area contributed by atoms with E-state index in [0.29, 0.717) is 40.8 Å². The molecule has 1 aromatic carbocycles. The lowest BCUT2D eigenvalue weighted by atomic mass is 9.95. The van der Waals surface area contributed by atoms with Gasteiger partial charge in [0, 0.05) is 16.6 Å². The number of nitrogens with two attached hydrogens (primary N) is 1. The van der Waals surface area contributed by atoms with Crippen LogP contribution in [0.5, 0.6) is 0 Å². The Balaban J connectivity index is 1.37. The van der Waals surface area contributed by atoms with Crippen molar-refractivity contribution in [2.45, 2.75) is 50.7 Å². The maximum atomic E-state index is 13.4. The zero-order valence-corrected chi connectivity index (χ0v) is 15.8. The predicted octanol–water partition coefficient (Wildman–Crippen LogP) is 3.46. The number of furan rings is 1. The quantitative estimate of drug-likeness (QED) is 0.616. The Labute approximate surface area is 169 Å². The summed E-state index contributed by atoms with van der Waals surface area (Å²) in [5.41, 5.74) is 6.48. The van der Waals surface area contributed by atoms with Crippen LogP contribution >= 0.6 is 0 Å². The molecular weight excluding hydrogens is 401 g/mol. The summed E-state index contributed by atoms with van der Waals surface area (Å²) < 4.78 is 52.7. The van der Waals surface area contributed by atoms with E-state index in [1.165, 1.54) is 4.68 Å². The van der Waals surface area contributed by atoms with Crippen molar-refractivity contribution < 1.29 is 27.1 Å². The van der Waals surface area contributed by atoms with E-state index in [2.05, 4.69) is 10.4 Å². The number of epoxide rings is 1. The first-order valence-electron chi connectivity index (χ1n) is 9.72. The van der Waals surface area contributed by atoms with Crippen molar-refractivity contribution in [3.63, 3.8) is 0 Å². The number of nitrogens with one attached hydrogen (secondary N) is 1. The number of fused-ring (bicyclic) bond motifs is 2. The third-order valence-electron chi connectivity index (χ3n) is 5.57. The van der Waals surface area contributed by atoms with Crippen LogP contribution in [0.1, 0.15) is 40.3 Å². The molecule has 30 heavy (non-hydrogen) atoms. The highest BCUT2D eigenvalue weighted by Crippen LogP contribution is 2.38. The number of amides is 1. The van der Waals surface area contributed by atoms with Gasteiger partial charge in [-0.2, -0.15) is 18.3 Å². The van der Waals surface area contributed by atoms with Gasteiger partial charge < -0.3 is 20.2 Å². The molecule has 0 saturated carbocycles. The lowest BCUT2D eigenvalue weighted by Gasteiger charge is -2.14. The summed E-state index contributed by atoms with van der Waals surface area (Å²) >= 11 is 0. The molecule has 1 aliphatic carbocycles. The van der Waals surface area contributed by atoms with Crippen molar-refractivity contribution in [2.24, 2.45) is 5.73 Å². The number of aromatic nitrogens is 2. The second-order valence-electron chi connectivity index (χ2n) is 7.57. The molecule has 0 spiro atoms. The molecule has 3 N–H and O–H groups in total. The number of alkyl halides is 3. The van der Waals surface area contributed by atoms with E-state index in [9.17, 15) is 18.0 Å². The molecule has 10 heteroatoms. The first kappa shape index (κ1) is 19.0. The van der Waals surface area contributed by atoms with Crippen LogP contribution in [-0.2, 0) is 30.3 Å². The third kappa shape index (κ3) is 3.20. The summed E-state index contributed by atoms with van der Waals surface area (Å²) in [7, 11) is 0. The van der Waals surface area contributed by atoms with Crippen molar-refractivity contribution in [3.8, 4) is 0 Å². The van der Waals surface area contributed by atoms with Crippen molar-refractivity contribution in [1.82, 2.24) is 9.78 Å². The Morgan fingerprint density at radius 2 is 2.03 bits per heavy atom. The number of rotatable bonds is 5. The van der Waals surface area contributed by atoms with Gasteiger partial charge in [0.25, 0.3) is 5.91 Å². The smallest absolute Gasteiger partial charge is 0.435 e. The normalized spacial score (nSPS) is 20.9. The van der Waals surface area contributed by atoms with Crippen molar-refractivity contribution in [1.29, 1.82) is 0 Å². The fraction of sp³-hybridized carbons (Fsp3) is 0.400. The lowest BCUT2D eigenvalue weighted by molar-refractivity contribution is -0.142. The summed E-state index contributed by atoms with van der Waals surface area (Å²) in [5, 5.41) is 7.64. The van der Waals surface area contributed by atoms with Gasteiger partial charge in [-0.25, -0.2) is 0 Å². The molecule has 1 aliphatic heterocycles. The minimum Gasteiger partial charge on any atom is -0.449 e. The SMILES string of the molecule is NC(=O)c1oc2ccccc2c1NC1OC1Cn1nc(C(F)(F)F)c2c1CCCC2. The zero-order chi connectivity index (χ0) is 21.0. The summed E-state index contributed by atoms with van der Waals surface area (Å²) in [5.74, 6) is -0.733. The fourth-order valence-corrected chi connectivity index (χ4v) is 4.13. The van der Waals surface area contributed by atoms with Crippen LogP contribution in [0, 0.1) is 0 Å². The van der Waals surface area contributed by atoms with E-state index < -0.39 is 24.0 Å². The summed E-state index contributed by atoms with van der Waals surface area (Å²) in [6, 6.07) is 7.07. The average Bonchev–Trinajstić information content (AvgIpc) is 3.15. The Kier molecular flexibility index (Phi) is 4.28. The van der Waals surface area contributed by atoms with Gasteiger partial charge in [-0.05, 0) is 37.8 Å². The van der Waals surface area contributed by atoms with Gasteiger partial charge in [-0.1, -0.05) is 12.1 Å². The summed E-state index contributed by atoms with van der Waals surface area (Å²) in [4.78, 5) is 11.8. The van der Waals surface area contributed by atoms with Gasteiger partial charge in [-0.3, -0.25) is 9.48 Å². The van der Waals surface area contributed by atoms with E-state index in [1.807, 2.05) is 0 Å². The van der Waals surface area contributed by atoms with Crippen LogP contribution in [0.15, 0.2) is 28.7 Å². The molecule has 3 aromatic rings. The number of primary amides is 1. The van der Waals surface area contributed by atoms with E-state index in [1.54, 1.807) is 24.3 Å². The Morgan fingerprint density at radius 1 is 1.27 bits per heavy atom. The molecule has 1 fully saturated rings. The molecule has 7 nitrogen and oxygen atoms in total. The molecule has 2 aliphatic rings. The topological polar surface area (TPSA) is 98.6 Å². The second-order valence-corrected chi connectivity index (χ2v) is 7.57. The molecule has 2 aromatic heterocycles. The van der Waals surface area contributed by atoms with Crippen LogP contribution in [0.25, 0.3) is 11.0 Å². The first-order valence-corrected chi connectivity index (χ1v) is 9.72. The highest BCUT2D eigenvalue weighted by atomic mass is 19.4. The van der Waals surface area contributed by atoms with Crippen LogP contribution < -0.4 is 11.1 Å². The fourth-order valence-electron chi connectivity index (χ4n) is 4.13. The van der Waals surface area contributed by atoms with Crippen molar-refractivity contribution >= 4 is 22.6 Å². The summed E-state index contributed by atoms with van der Waals surface area (Å²) in [6.07, 6.45) is -2.81. The zero-order valence-electron chi connectivity index (χ0n) is 15.8. The molecule has 1 saturated heterocycles. The highest BCUT2D eigenvalue weighted by molar-refractivity contribution is 6.05. The van der Waals surface area contributed by atoms with Crippen LogP contribution in [0.3, 0.4) is 0 Å². The minimum atomic E-state index is -4.47. The molecular formula is C20H19F3N4O3. The number of hydrogen-bond donors (Lipinski definition) is 2. The first-order chi connectivity index (χ1) is 14.3. The monoisotopic (exact) mass is 420 g/mol. The number of anilines is 1. The molecule has 0 bridgehead atoms. The predicted molar refractivity (Wildman–Crippen MR) is 101 cm³/mol. The number of para-hydroxylation sites is 1. The number of halogens is 3. The minimum absolute atomic E-state index is 0.0127. The Bertz CT molecular complexity index is 1130. The maximum Gasteiger partial charge on any atom is 0.435 e. The number of benzene rings is 1. The van der Waals surface area contributed by atoms with Crippen LogP contribution in [0.2, 0.25) is 0 Å². The number of nitrogens with zero attached hydrogens (tertiary/aromatic N) is 2. The molecule has 0 radical (unpaired) electrons. The van der Waals surface area contributed by atoms with Gasteiger partial charge in [0.05, 0.1) is 12.2 Å². The average molecular weight is 420 g/mol. The van der Waals surface area contributed by atoms with E-state index in [-0.39, 0.29) is 18.4 Å². The lowest BCUT2D eigenvalue weighted by Crippen LogP contribution is -2.18. The van der Waals surface area contributed by atoms with Crippen molar-refractivity contribution in [2.75, 3.05) is 5.32 Å².